The SMILES string of the molecule is C=C(/C=C\C=C(/C)NC(=O)C(NC(=O)OC(C)(C)C)C(C)C)[C@@H](CN1CC[C@H](O)C1)N(C)C(=O)Cc1ccc(Cl)c(Cl)c1. The van der Waals surface area contributed by atoms with Gasteiger partial charge < -0.3 is 25.4 Å². The summed E-state index contributed by atoms with van der Waals surface area (Å²) in [7, 11) is 1.74. The summed E-state index contributed by atoms with van der Waals surface area (Å²) in [5, 5.41) is 16.3. The van der Waals surface area contributed by atoms with Gasteiger partial charge in [-0.25, -0.2) is 4.79 Å². The zero-order valence-electron chi connectivity index (χ0n) is 26.2. The molecule has 238 valence electrons. The number of β-amino-alcohol motifs (C(OH)–C–C–N with tert-alkyl or cyclic N) is 1. The Labute approximate surface area is 265 Å². The zero-order valence-corrected chi connectivity index (χ0v) is 27.8. The van der Waals surface area contributed by atoms with E-state index in [0.29, 0.717) is 40.8 Å². The van der Waals surface area contributed by atoms with Crippen molar-refractivity contribution in [2.45, 2.75) is 78.2 Å². The topological polar surface area (TPSA) is 111 Å². The first-order valence-electron chi connectivity index (χ1n) is 14.4. The second-order valence-corrected chi connectivity index (χ2v) is 13.1. The van der Waals surface area contributed by atoms with Crippen LogP contribution in [0.5, 0.6) is 0 Å². The fraction of sp³-hybridized carbons (Fsp3) is 0.531. The Hall–Kier alpha value is -2.85. The second-order valence-electron chi connectivity index (χ2n) is 12.3. The summed E-state index contributed by atoms with van der Waals surface area (Å²) >= 11 is 12.2. The van der Waals surface area contributed by atoms with Crippen molar-refractivity contribution in [1.29, 1.82) is 0 Å². The predicted octanol–water partition coefficient (Wildman–Crippen LogP) is 5.11. The molecule has 0 aliphatic carbocycles. The number of alkyl carbamates (subject to hydrolysis) is 1. The first-order valence-corrected chi connectivity index (χ1v) is 15.2. The monoisotopic (exact) mass is 636 g/mol. The van der Waals surface area contributed by atoms with E-state index in [2.05, 4.69) is 22.1 Å². The van der Waals surface area contributed by atoms with Crippen molar-refractivity contribution < 1.29 is 24.2 Å². The molecule has 1 unspecified atom stereocenters. The number of carbonyl (C=O) groups is 3. The average molecular weight is 638 g/mol. The molecule has 1 aromatic carbocycles. The van der Waals surface area contributed by atoms with Gasteiger partial charge in [-0.1, -0.05) is 61.8 Å². The Bertz CT molecular complexity index is 1220. The van der Waals surface area contributed by atoms with Crippen LogP contribution >= 0.6 is 23.2 Å². The maximum absolute atomic E-state index is 13.3. The van der Waals surface area contributed by atoms with E-state index < -0.39 is 23.8 Å². The molecular formula is C32H46Cl2N4O5. The van der Waals surface area contributed by atoms with Gasteiger partial charge in [0, 0.05) is 32.4 Å². The van der Waals surface area contributed by atoms with Gasteiger partial charge in [0.05, 0.1) is 28.6 Å². The summed E-state index contributed by atoms with van der Waals surface area (Å²) in [5.41, 5.74) is 1.32. The van der Waals surface area contributed by atoms with Crippen LogP contribution in [0, 0.1) is 5.92 Å². The average Bonchev–Trinajstić information content (AvgIpc) is 3.30. The molecule has 43 heavy (non-hydrogen) atoms. The lowest BCUT2D eigenvalue weighted by Crippen LogP contribution is -2.50. The summed E-state index contributed by atoms with van der Waals surface area (Å²) in [6.45, 7) is 16.7. The first kappa shape index (κ1) is 36.3. The number of carbonyl (C=O) groups excluding carboxylic acids is 3. The lowest BCUT2D eigenvalue weighted by atomic mass is 10.0. The molecular weight excluding hydrogens is 591 g/mol. The third-order valence-corrected chi connectivity index (χ3v) is 7.64. The number of amides is 3. The van der Waals surface area contributed by atoms with Crippen LogP contribution in [-0.2, 0) is 20.7 Å². The number of rotatable bonds is 12. The van der Waals surface area contributed by atoms with Crippen LogP contribution in [0.3, 0.4) is 0 Å². The number of nitrogens with zero attached hydrogens (tertiary/aromatic N) is 2. The number of allylic oxidation sites excluding steroid dienone is 3. The molecule has 0 aromatic heterocycles. The maximum atomic E-state index is 13.3. The molecule has 9 nitrogen and oxygen atoms in total. The number of aliphatic hydroxyl groups is 1. The molecule has 1 aromatic rings. The number of likely N-dealkylation sites (N-methyl/N-ethyl adjacent to an activating group) is 1. The van der Waals surface area contributed by atoms with Crippen molar-refractivity contribution in [3.63, 3.8) is 0 Å². The van der Waals surface area contributed by atoms with Crippen molar-refractivity contribution in [2.24, 2.45) is 5.92 Å². The van der Waals surface area contributed by atoms with E-state index in [0.717, 1.165) is 12.1 Å². The Kier molecular flexibility index (Phi) is 13.8. The molecule has 1 heterocycles. The number of benzene rings is 1. The van der Waals surface area contributed by atoms with Crippen LogP contribution < -0.4 is 10.6 Å². The maximum Gasteiger partial charge on any atom is 0.408 e. The predicted molar refractivity (Wildman–Crippen MR) is 172 cm³/mol. The molecule has 1 aliphatic rings. The summed E-state index contributed by atoms with van der Waals surface area (Å²) in [6.07, 6.45) is 5.05. The van der Waals surface area contributed by atoms with E-state index in [4.69, 9.17) is 27.9 Å². The largest absolute Gasteiger partial charge is 0.444 e. The lowest BCUT2D eigenvalue weighted by molar-refractivity contribution is -0.130. The minimum absolute atomic E-state index is 0.117. The number of ether oxygens (including phenoxy) is 1. The van der Waals surface area contributed by atoms with Crippen LogP contribution in [0.1, 0.15) is 53.5 Å². The molecule has 3 amide bonds. The molecule has 1 fully saturated rings. The smallest absolute Gasteiger partial charge is 0.408 e. The van der Waals surface area contributed by atoms with Crippen molar-refractivity contribution in [3.05, 3.63) is 69.9 Å². The molecule has 0 spiro atoms. The molecule has 11 heteroatoms. The highest BCUT2D eigenvalue weighted by Gasteiger charge is 2.29. The first-order chi connectivity index (χ1) is 20.0. The Balaban J connectivity index is 2.11. The van der Waals surface area contributed by atoms with Gasteiger partial charge in [-0.05, 0) is 69.4 Å². The molecule has 1 aliphatic heterocycles. The van der Waals surface area contributed by atoms with Crippen LogP contribution in [0.15, 0.2) is 54.3 Å². The molecule has 0 saturated carbocycles. The molecule has 2 rings (SSSR count). The number of hydrogen-bond acceptors (Lipinski definition) is 6. The highest BCUT2D eigenvalue weighted by Crippen LogP contribution is 2.24. The fourth-order valence-corrected chi connectivity index (χ4v) is 4.86. The summed E-state index contributed by atoms with van der Waals surface area (Å²) in [4.78, 5) is 42.2. The molecule has 3 N–H and O–H groups in total. The number of aliphatic hydroxyl groups excluding tert-OH is 1. The van der Waals surface area contributed by atoms with Gasteiger partial charge in [-0.3, -0.25) is 14.5 Å². The van der Waals surface area contributed by atoms with Crippen LogP contribution in [0.4, 0.5) is 4.79 Å². The third kappa shape index (κ3) is 12.3. The van der Waals surface area contributed by atoms with Gasteiger partial charge in [-0.2, -0.15) is 0 Å². The second kappa shape index (κ2) is 16.3. The highest BCUT2D eigenvalue weighted by molar-refractivity contribution is 6.42. The van der Waals surface area contributed by atoms with E-state index in [1.165, 1.54) is 0 Å². The number of likely N-dealkylation sites (tertiary alicyclic amines) is 1. The molecule has 0 bridgehead atoms. The van der Waals surface area contributed by atoms with E-state index >= 15 is 0 Å². The number of halogens is 2. The summed E-state index contributed by atoms with van der Waals surface area (Å²) in [6, 6.07) is 3.98. The Morgan fingerprint density at radius 2 is 1.91 bits per heavy atom. The van der Waals surface area contributed by atoms with E-state index in [9.17, 15) is 19.5 Å². The highest BCUT2D eigenvalue weighted by atomic mass is 35.5. The van der Waals surface area contributed by atoms with Gasteiger partial charge in [-0.15, -0.1) is 0 Å². The molecule has 0 radical (unpaired) electrons. The quantitative estimate of drug-likeness (QED) is 0.275. The summed E-state index contributed by atoms with van der Waals surface area (Å²) < 4.78 is 5.30. The number of nitrogens with one attached hydrogen (secondary N) is 2. The number of hydrogen-bond donors (Lipinski definition) is 3. The Morgan fingerprint density at radius 1 is 1.23 bits per heavy atom. The minimum atomic E-state index is -0.785. The molecule has 3 atom stereocenters. The van der Waals surface area contributed by atoms with Gasteiger partial charge in [0.15, 0.2) is 0 Å². The van der Waals surface area contributed by atoms with E-state index in [-0.39, 0.29) is 30.2 Å². The van der Waals surface area contributed by atoms with Crippen LogP contribution in [0.25, 0.3) is 0 Å². The van der Waals surface area contributed by atoms with Crippen molar-refractivity contribution >= 4 is 41.1 Å². The van der Waals surface area contributed by atoms with Crippen molar-refractivity contribution in [2.75, 3.05) is 26.7 Å². The van der Waals surface area contributed by atoms with Crippen LogP contribution in [0.2, 0.25) is 10.0 Å². The molecule has 1 saturated heterocycles. The normalized spacial score (nSPS) is 17.6. The van der Waals surface area contributed by atoms with Crippen molar-refractivity contribution in [3.8, 4) is 0 Å². The van der Waals surface area contributed by atoms with Crippen LogP contribution in [-0.4, -0.2) is 83.3 Å². The minimum Gasteiger partial charge on any atom is -0.444 e. The van der Waals surface area contributed by atoms with Gasteiger partial charge in [0.25, 0.3) is 0 Å². The standard InChI is InChI=1S/C32H46Cl2N4O5/c1-20(2)29(36-31(42)43-32(5,6)7)30(41)35-22(4)11-9-10-21(3)27(19-38-15-14-24(39)18-38)37(8)28(40)17-23-12-13-25(33)26(34)16-23/h9-13,16,20,24,27,29,39H,3,14-15,17-19H2,1-2,4-8H3,(H,35,41)(H,36,42)/b10-9-,22-11+/t24-,27+,29?/m0/s1. The Morgan fingerprint density at radius 3 is 2.47 bits per heavy atom. The fourth-order valence-electron chi connectivity index (χ4n) is 4.54. The van der Waals surface area contributed by atoms with Gasteiger partial charge >= 0.3 is 6.09 Å². The third-order valence-electron chi connectivity index (χ3n) is 6.91. The van der Waals surface area contributed by atoms with Crippen molar-refractivity contribution in [1.82, 2.24) is 20.4 Å². The van der Waals surface area contributed by atoms with E-state index in [1.807, 2.05) is 13.8 Å². The lowest BCUT2D eigenvalue weighted by Gasteiger charge is -2.32. The van der Waals surface area contributed by atoms with Gasteiger partial charge in [0.1, 0.15) is 11.6 Å². The summed E-state index contributed by atoms with van der Waals surface area (Å²) in [5.74, 6) is -0.647. The zero-order chi connectivity index (χ0) is 32.5. The van der Waals surface area contributed by atoms with E-state index in [1.54, 1.807) is 76.1 Å². The van der Waals surface area contributed by atoms with Gasteiger partial charge in [0.2, 0.25) is 11.8 Å².